The molecule has 0 radical (unpaired) electrons. The van der Waals surface area contributed by atoms with Gasteiger partial charge in [0.2, 0.25) is 5.95 Å². The van der Waals surface area contributed by atoms with Crippen LogP contribution in [0.25, 0.3) is 11.1 Å². The maximum atomic E-state index is 9.61. The van der Waals surface area contributed by atoms with Gasteiger partial charge in [-0.25, -0.2) is 9.97 Å². The topological polar surface area (TPSA) is 126 Å². The van der Waals surface area contributed by atoms with E-state index in [1.54, 1.807) is 42.8 Å². The van der Waals surface area contributed by atoms with Gasteiger partial charge in [0.25, 0.3) is 0 Å². The van der Waals surface area contributed by atoms with E-state index in [0.717, 1.165) is 80.5 Å². The minimum atomic E-state index is -0.240. The summed E-state index contributed by atoms with van der Waals surface area (Å²) in [5.74, 6) is 1.68. The zero-order chi connectivity index (χ0) is 30.3. The number of hydrogen-bond acceptors (Lipinski definition) is 11. The molecule has 0 spiro atoms. The summed E-state index contributed by atoms with van der Waals surface area (Å²) in [6, 6.07) is 14.5. The van der Waals surface area contributed by atoms with Gasteiger partial charge < -0.3 is 24.4 Å². The van der Waals surface area contributed by atoms with Crippen LogP contribution in [0.1, 0.15) is 25.3 Å². The van der Waals surface area contributed by atoms with Crippen molar-refractivity contribution in [1.82, 2.24) is 29.9 Å². The van der Waals surface area contributed by atoms with E-state index in [1.165, 1.54) is 0 Å². The average molecular weight is 596 g/mol. The first-order valence-electron chi connectivity index (χ1n) is 15.0. The average Bonchev–Trinajstić information content (AvgIpc) is 3.58. The number of rotatable bonds is 10. The maximum absolute atomic E-state index is 9.61. The summed E-state index contributed by atoms with van der Waals surface area (Å²) in [5, 5.41) is 21.1. The van der Waals surface area contributed by atoms with Crippen molar-refractivity contribution in [3.8, 4) is 28.7 Å². The Kier molecular flexibility index (Phi) is 9.14. The molecule has 0 amide bonds. The van der Waals surface area contributed by atoms with Crippen molar-refractivity contribution in [3.05, 3.63) is 66.7 Å². The molecule has 1 atom stereocenters. The summed E-state index contributed by atoms with van der Waals surface area (Å²) in [6.07, 6.45) is 8.79. The summed E-state index contributed by atoms with van der Waals surface area (Å²) >= 11 is 0. The Morgan fingerprint density at radius 3 is 2.43 bits per heavy atom. The predicted molar refractivity (Wildman–Crippen MR) is 166 cm³/mol. The van der Waals surface area contributed by atoms with Crippen LogP contribution in [0.3, 0.4) is 0 Å². The van der Waals surface area contributed by atoms with Crippen molar-refractivity contribution in [2.75, 3.05) is 56.7 Å². The van der Waals surface area contributed by atoms with Gasteiger partial charge in [-0.3, -0.25) is 4.90 Å². The van der Waals surface area contributed by atoms with E-state index in [4.69, 9.17) is 14.2 Å². The summed E-state index contributed by atoms with van der Waals surface area (Å²) < 4.78 is 17.4. The lowest BCUT2D eigenvalue weighted by molar-refractivity contribution is 0.0115. The van der Waals surface area contributed by atoms with E-state index in [0.29, 0.717) is 29.8 Å². The van der Waals surface area contributed by atoms with Crippen LogP contribution in [0.5, 0.6) is 11.5 Å². The first-order valence-corrected chi connectivity index (χ1v) is 15.0. The van der Waals surface area contributed by atoms with Crippen molar-refractivity contribution < 1.29 is 14.2 Å². The predicted octanol–water partition coefficient (Wildman–Crippen LogP) is 4.13. The molecule has 12 heteroatoms. The molecule has 4 aromatic rings. The maximum Gasteiger partial charge on any atom is 0.227 e. The summed E-state index contributed by atoms with van der Waals surface area (Å²) in [4.78, 5) is 15.7. The van der Waals surface area contributed by atoms with Crippen molar-refractivity contribution in [2.24, 2.45) is 0 Å². The zero-order valence-corrected chi connectivity index (χ0v) is 25.1. The normalized spacial score (nSPS) is 16.7. The molecule has 2 aliphatic rings. The van der Waals surface area contributed by atoms with E-state index in [-0.39, 0.29) is 6.10 Å². The number of morpholine rings is 1. The van der Waals surface area contributed by atoms with Gasteiger partial charge in [0, 0.05) is 61.9 Å². The van der Waals surface area contributed by atoms with E-state index in [9.17, 15) is 5.26 Å². The van der Waals surface area contributed by atoms with Gasteiger partial charge in [0.05, 0.1) is 50.5 Å². The van der Waals surface area contributed by atoms with Gasteiger partial charge in [-0.1, -0.05) is 6.07 Å². The molecule has 2 aromatic carbocycles. The number of ether oxygens (including phenoxy) is 3. The second kappa shape index (κ2) is 13.7. The molecule has 0 saturated carbocycles. The lowest BCUT2D eigenvalue weighted by Gasteiger charge is -2.40. The Morgan fingerprint density at radius 1 is 0.977 bits per heavy atom. The van der Waals surface area contributed by atoms with E-state index in [1.807, 2.05) is 25.1 Å². The molecular formula is C32H37N9O3. The highest BCUT2D eigenvalue weighted by atomic mass is 16.5. The first kappa shape index (κ1) is 29.3. The fraction of sp³-hybridized carbons (Fsp3) is 0.406. The van der Waals surface area contributed by atoms with Crippen molar-refractivity contribution in [1.29, 1.82) is 5.26 Å². The highest BCUT2D eigenvalue weighted by Crippen LogP contribution is 2.33. The van der Waals surface area contributed by atoms with Gasteiger partial charge in [-0.2, -0.15) is 20.3 Å². The van der Waals surface area contributed by atoms with Crippen LogP contribution in [0.15, 0.2) is 61.2 Å². The van der Waals surface area contributed by atoms with Crippen molar-refractivity contribution >= 4 is 17.3 Å². The number of nitrogens with one attached hydrogen (secondary N) is 1. The van der Waals surface area contributed by atoms with E-state index in [2.05, 4.69) is 53.5 Å². The zero-order valence-electron chi connectivity index (χ0n) is 25.1. The van der Waals surface area contributed by atoms with Crippen LogP contribution in [-0.2, 0) is 11.3 Å². The van der Waals surface area contributed by atoms with Crippen LogP contribution >= 0.6 is 0 Å². The molecule has 1 unspecified atom stereocenters. The number of anilines is 3. The summed E-state index contributed by atoms with van der Waals surface area (Å²) in [7, 11) is 1.68. The Hall–Kier alpha value is -4.73. The van der Waals surface area contributed by atoms with Gasteiger partial charge in [0.15, 0.2) is 0 Å². The molecule has 228 valence electrons. The number of aromatic nitrogens is 5. The lowest BCUT2D eigenvalue weighted by atomic mass is 10.0. The Balaban J connectivity index is 1.10. The molecule has 44 heavy (non-hydrogen) atoms. The molecule has 0 aliphatic carbocycles. The third kappa shape index (κ3) is 6.90. The second-order valence-electron chi connectivity index (χ2n) is 11.0. The largest absolute Gasteiger partial charge is 0.494 e. The Labute approximate surface area is 257 Å². The molecule has 0 bridgehead atoms. The summed E-state index contributed by atoms with van der Waals surface area (Å²) in [6.45, 7) is 8.17. The Bertz CT molecular complexity index is 1560. The Morgan fingerprint density at radius 2 is 1.73 bits per heavy atom. The van der Waals surface area contributed by atoms with Crippen LogP contribution < -0.4 is 19.7 Å². The van der Waals surface area contributed by atoms with Crippen molar-refractivity contribution in [3.63, 3.8) is 0 Å². The molecule has 4 heterocycles. The fourth-order valence-corrected chi connectivity index (χ4v) is 5.79. The quantitative estimate of drug-likeness (QED) is 0.284. The van der Waals surface area contributed by atoms with Crippen LogP contribution in [0.4, 0.5) is 17.3 Å². The van der Waals surface area contributed by atoms with Crippen LogP contribution in [-0.4, -0.2) is 88.5 Å². The van der Waals surface area contributed by atoms with Gasteiger partial charge in [-0.15, -0.1) is 0 Å². The number of nitrogens with zero attached hydrogens (tertiary/aromatic N) is 8. The molecule has 2 fully saturated rings. The second-order valence-corrected chi connectivity index (χ2v) is 11.0. The monoisotopic (exact) mass is 595 g/mol. The van der Waals surface area contributed by atoms with Gasteiger partial charge in [0.1, 0.15) is 23.7 Å². The van der Waals surface area contributed by atoms with Crippen LogP contribution in [0.2, 0.25) is 0 Å². The number of methoxy groups -OCH3 is 1. The highest BCUT2D eigenvalue weighted by Gasteiger charge is 2.26. The number of benzene rings is 2. The molecule has 12 nitrogen and oxygen atoms in total. The third-order valence-corrected chi connectivity index (χ3v) is 8.13. The number of nitriles is 1. The van der Waals surface area contributed by atoms with E-state index >= 15 is 0 Å². The minimum Gasteiger partial charge on any atom is -0.494 e. The molecular weight excluding hydrogens is 558 g/mol. The molecule has 2 saturated heterocycles. The minimum absolute atomic E-state index is 0.240. The highest BCUT2D eigenvalue weighted by molar-refractivity contribution is 5.70. The SMILES string of the molecule is COc1cc(N2CCC(N3CCOCC3)CC2)ccc1Nc1ncc(-c2ccc(C#N)c(OC(C)Cn3nccn3)c2)cn1. The number of piperidine rings is 1. The van der Waals surface area contributed by atoms with Crippen LogP contribution in [0, 0.1) is 11.3 Å². The standard InChI is InChI=1S/C32H37N9O3/c1-23(22-41-36-9-10-37-41)44-30-17-24(3-4-25(30)19-33)26-20-34-32(35-21-26)38-29-6-5-28(18-31(29)42-2)39-11-7-27(8-12-39)40-13-15-43-16-14-40/h3-6,9-10,17-18,20-21,23,27H,7-8,11-16,22H2,1-2H3,(H,34,35,38). The fourth-order valence-electron chi connectivity index (χ4n) is 5.79. The molecule has 6 rings (SSSR count). The molecule has 1 N–H and O–H groups in total. The summed E-state index contributed by atoms with van der Waals surface area (Å²) in [5.41, 5.74) is 4.04. The van der Waals surface area contributed by atoms with Crippen molar-refractivity contribution in [2.45, 2.75) is 38.5 Å². The number of hydrogen-bond donors (Lipinski definition) is 1. The van der Waals surface area contributed by atoms with E-state index < -0.39 is 0 Å². The van der Waals surface area contributed by atoms with Gasteiger partial charge in [-0.05, 0) is 49.6 Å². The molecule has 2 aromatic heterocycles. The smallest absolute Gasteiger partial charge is 0.227 e. The first-order chi connectivity index (χ1) is 21.6. The molecule has 2 aliphatic heterocycles. The van der Waals surface area contributed by atoms with Gasteiger partial charge >= 0.3 is 0 Å². The third-order valence-electron chi connectivity index (χ3n) is 8.13. The lowest BCUT2D eigenvalue weighted by Crippen LogP contribution is -2.49.